The molecule has 0 fully saturated rings. The summed E-state index contributed by atoms with van der Waals surface area (Å²) >= 11 is 1.35. The molecule has 1 aromatic rings. The van der Waals surface area contributed by atoms with Gasteiger partial charge in [-0.3, -0.25) is 9.89 Å². The largest absolute Gasteiger partial charge is 0.416 e. The summed E-state index contributed by atoms with van der Waals surface area (Å²) in [5, 5.41) is 10.3. The third-order valence-corrected chi connectivity index (χ3v) is 5.29. The van der Waals surface area contributed by atoms with Gasteiger partial charge in [0.15, 0.2) is 5.17 Å². The number of thioether (sulfide) groups is 1. The molecular weight excluding hydrogens is 371 g/mol. The van der Waals surface area contributed by atoms with Crippen LogP contribution in [0.5, 0.6) is 0 Å². The molecule has 0 saturated carbocycles. The first-order valence-corrected chi connectivity index (χ1v) is 9.56. The van der Waals surface area contributed by atoms with E-state index in [1.807, 2.05) is 43.6 Å². The van der Waals surface area contributed by atoms with Gasteiger partial charge in [0, 0.05) is 11.4 Å². The second kappa shape index (κ2) is 7.28. The van der Waals surface area contributed by atoms with Gasteiger partial charge in [-0.2, -0.15) is 18.4 Å². The second-order valence-electron chi connectivity index (χ2n) is 6.40. The zero-order chi connectivity index (χ0) is 19.7. The molecule has 0 saturated heterocycles. The summed E-state index contributed by atoms with van der Waals surface area (Å²) in [5.41, 5.74) is -0.340. The highest BCUT2D eigenvalue weighted by atomic mass is 32.2. The van der Waals surface area contributed by atoms with Crippen LogP contribution in [-0.4, -0.2) is 17.5 Å². The molecule has 0 bridgehead atoms. The van der Waals surface area contributed by atoms with E-state index in [0.717, 1.165) is 17.8 Å². The third kappa shape index (κ3) is 3.67. The standard InChI is InChI=1S/C20H18F3N3S/c1-14-11-17(19(13-24)9-4-3-5-10-19)25-18(27-2)26(14)16-8-6-7-15(12-16)20(21,22)23/h3-9,11-12,17H,10H2,1-2H3. The van der Waals surface area contributed by atoms with Crippen LogP contribution >= 0.6 is 11.8 Å². The summed E-state index contributed by atoms with van der Waals surface area (Å²) < 4.78 is 39.3. The lowest BCUT2D eigenvalue weighted by Gasteiger charge is -2.36. The highest BCUT2D eigenvalue weighted by Gasteiger charge is 2.39. The minimum absolute atomic E-state index is 0.395. The Balaban J connectivity index is 2.01. The molecule has 1 aliphatic heterocycles. The summed E-state index contributed by atoms with van der Waals surface area (Å²) in [6, 6.07) is 7.16. The first kappa shape index (κ1) is 19.3. The number of alkyl halides is 3. The number of aliphatic imine (C=N–C) groups is 1. The van der Waals surface area contributed by atoms with E-state index >= 15 is 0 Å². The Hall–Kier alpha value is -2.46. The number of amidine groups is 1. The average Bonchev–Trinajstić information content (AvgIpc) is 2.67. The van der Waals surface area contributed by atoms with E-state index in [-0.39, 0.29) is 0 Å². The smallest absolute Gasteiger partial charge is 0.294 e. The van der Waals surface area contributed by atoms with Crippen molar-refractivity contribution >= 4 is 22.6 Å². The van der Waals surface area contributed by atoms with E-state index in [4.69, 9.17) is 4.99 Å². The number of anilines is 1. The number of benzene rings is 1. The van der Waals surface area contributed by atoms with Gasteiger partial charge in [-0.15, -0.1) is 0 Å². The first-order chi connectivity index (χ1) is 12.8. The lowest BCUT2D eigenvalue weighted by Crippen LogP contribution is -2.39. The van der Waals surface area contributed by atoms with Gasteiger partial charge in [-0.05, 0) is 43.9 Å². The van der Waals surface area contributed by atoms with Crippen molar-refractivity contribution in [3.8, 4) is 6.07 Å². The average molecular weight is 389 g/mol. The molecule has 0 amide bonds. The topological polar surface area (TPSA) is 39.4 Å². The molecule has 3 rings (SSSR count). The molecule has 0 N–H and O–H groups in total. The lowest BCUT2D eigenvalue weighted by molar-refractivity contribution is -0.137. The highest BCUT2D eigenvalue weighted by Crippen LogP contribution is 2.39. The van der Waals surface area contributed by atoms with Crippen molar-refractivity contribution in [2.75, 3.05) is 11.2 Å². The Morgan fingerprint density at radius 3 is 2.70 bits per heavy atom. The van der Waals surface area contributed by atoms with Crippen LogP contribution in [0.1, 0.15) is 18.9 Å². The Kier molecular flexibility index (Phi) is 5.20. The Morgan fingerprint density at radius 2 is 2.11 bits per heavy atom. The van der Waals surface area contributed by atoms with Crippen LogP contribution in [0.2, 0.25) is 0 Å². The molecule has 2 atom stereocenters. The summed E-state index contributed by atoms with van der Waals surface area (Å²) in [7, 11) is 0. The number of halogens is 3. The zero-order valence-corrected chi connectivity index (χ0v) is 15.7. The molecule has 0 aromatic heterocycles. The molecule has 27 heavy (non-hydrogen) atoms. The molecule has 0 radical (unpaired) electrons. The molecule has 1 aliphatic carbocycles. The van der Waals surface area contributed by atoms with E-state index in [2.05, 4.69) is 6.07 Å². The Labute approximate surface area is 160 Å². The molecule has 7 heteroatoms. The third-order valence-electron chi connectivity index (χ3n) is 4.64. The van der Waals surface area contributed by atoms with E-state index in [0.29, 0.717) is 17.3 Å². The molecule has 140 valence electrons. The summed E-state index contributed by atoms with van der Waals surface area (Å²) in [5.74, 6) is 0. The first-order valence-electron chi connectivity index (χ1n) is 8.34. The van der Waals surface area contributed by atoms with Crippen molar-refractivity contribution in [3.05, 3.63) is 65.9 Å². The van der Waals surface area contributed by atoms with Crippen molar-refractivity contribution < 1.29 is 13.2 Å². The van der Waals surface area contributed by atoms with Gasteiger partial charge < -0.3 is 0 Å². The van der Waals surface area contributed by atoms with E-state index in [9.17, 15) is 18.4 Å². The summed E-state index contributed by atoms with van der Waals surface area (Å²) in [6.45, 7) is 1.83. The quantitative estimate of drug-likeness (QED) is 0.666. The van der Waals surface area contributed by atoms with Crippen LogP contribution in [0.3, 0.4) is 0 Å². The van der Waals surface area contributed by atoms with Gasteiger partial charge in [-0.1, -0.05) is 42.1 Å². The van der Waals surface area contributed by atoms with Crippen molar-refractivity contribution in [3.63, 3.8) is 0 Å². The maximum Gasteiger partial charge on any atom is 0.416 e. The maximum atomic E-state index is 13.1. The number of hydrogen-bond donors (Lipinski definition) is 0. The fourth-order valence-corrected chi connectivity index (χ4v) is 3.87. The minimum Gasteiger partial charge on any atom is -0.294 e. The SMILES string of the molecule is CSC1=NC(C2(C#N)C=CC=CC2)C=C(C)N1c1cccc(C(F)(F)F)c1. The van der Waals surface area contributed by atoms with Crippen molar-refractivity contribution in [2.45, 2.75) is 25.6 Å². The highest BCUT2D eigenvalue weighted by molar-refractivity contribution is 8.13. The van der Waals surface area contributed by atoms with Gasteiger partial charge in [0.05, 0.1) is 17.7 Å². The van der Waals surface area contributed by atoms with Crippen LogP contribution < -0.4 is 4.90 Å². The van der Waals surface area contributed by atoms with Crippen molar-refractivity contribution in [1.82, 2.24) is 0 Å². The van der Waals surface area contributed by atoms with E-state index in [1.165, 1.54) is 17.8 Å². The second-order valence-corrected chi connectivity index (χ2v) is 7.17. The summed E-state index contributed by atoms with van der Waals surface area (Å²) in [4.78, 5) is 6.41. The van der Waals surface area contributed by atoms with Gasteiger partial charge in [0.1, 0.15) is 5.41 Å². The van der Waals surface area contributed by atoms with Crippen LogP contribution in [0.25, 0.3) is 0 Å². The monoisotopic (exact) mass is 389 g/mol. The van der Waals surface area contributed by atoms with Crippen LogP contribution in [0, 0.1) is 16.7 Å². The number of rotatable bonds is 2. The minimum atomic E-state index is -4.41. The van der Waals surface area contributed by atoms with Gasteiger partial charge in [0.2, 0.25) is 0 Å². The molecule has 1 heterocycles. The van der Waals surface area contributed by atoms with Crippen LogP contribution in [0.4, 0.5) is 18.9 Å². The molecule has 1 aromatic carbocycles. The molecular formula is C20H18F3N3S. The van der Waals surface area contributed by atoms with Crippen LogP contribution in [0.15, 0.2) is 65.3 Å². The van der Waals surface area contributed by atoms with E-state index in [1.54, 1.807) is 11.0 Å². The van der Waals surface area contributed by atoms with Gasteiger partial charge >= 0.3 is 6.18 Å². The molecule has 3 nitrogen and oxygen atoms in total. The number of nitriles is 1. The Bertz CT molecular complexity index is 892. The fraction of sp³-hybridized carbons (Fsp3) is 0.300. The number of nitrogens with zero attached hydrogens (tertiary/aromatic N) is 3. The summed E-state index contributed by atoms with van der Waals surface area (Å²) in [6.07, 6.45) is 7.32. The predicted molar refractivity (Wildman–Crippen MR) is 103 cm³/mol. The fourth-order valence-electron chi connectivity index (χ4n) is 3.22. The predicted octanol–water partition coefficient (Wildman–Crippen LogP) is 5.54. The number of allylic oxidation sites excluding steroid dienone is 4. The molecule has 2 aliphatic rings. The maximum absolute atomic E-state index is 13.1. The van der Waals surface area contributed by atoms with Crippen molar-refractivity contribution in [1.29, 1.82) is 5.26 Å². The van der Waals surface area contributed by atoms with Gasteiger partial charge in [0.25, 0.3) is 0 Å². The van der Waals surface area contributed by atoms with Gasteiger partial charge in [-0.25, -0.2) is 0 Å². The van der Waals surface area contributed by atoms with Crippen LogP contribution in [-0.2, 0) is 6.18 Å². The normalized spacial score (nSPS) is 25.0. The molecule has 2 unspecified atom stereocenters. The number of hydrogen-bond acceptors (Lipinski definition) is 4. The Morgan fingerprint density at radius 1 is 1.33 bits per heavy atom. The van der Waals surface area contributed by atoms with E-state index < -0.39 is 23.2 Å². The lowest BCUT2D eigenvalue weighted by atomic mass is 9.76. The zero-order valence-electron chi connectivity index (χ0n) is 14.9. The van der Waals surface area contributed by atoms with Crippen molar-refractivity contribution in [2.24, 2.45) is 10.4 Å². The molecule has 0 spiro atoms.